The molecule has 0 amide bonds. The number of β-amino-alcohol motifs (C(OH)–C–C–N with tert-alkyl or cyclic N) is 1. The van der Waals surface area contributed by atoms with Crippen molar-refractivity contribution in [2.24, 2.45) is 11.8 Å². The van der Waals surface area contributed by atoms with E-state index in [9.17, 15) is 18.3 Å². The second-order valence-electron chi connectivity index (χ2n) is 11.5. The van der Waals surface area contributed by atoms with Crippen molar-refractivity contribution in [3.8, 4) is 11.5 Å². The number of esters is 1. The minimum Gasteiger partial charge on any atom is -0.497 e. The summed E-state index contributed by atoms with van der Waals surface area (Å²) in [4.78, 5) is 13.2. The Morgan fingerprint density at radius 2 is 1.93 bits per heavy atom. The number of hydrogen-bond acceptors (Lipinski definition) is 10. The fraction of sp³-hybridized carbons (Fsp3) is 0.545. The number of fused-ring (bicyclic) bond motifs is 2. The molecule has 3 aliphatic heterocycles. The largest absolute Gasteiger partial charge is 0.497 e. The summed E-state index contributed by atoms with van der Waals surface area (Å²) in [5.74, 6) is -0.474. The number of benzene rings is 2. The van der Waals surface area contributed by atoms with Gasteiger partial charge in [-0.05, 0) is 43.4 Å². The lowest BCUT2D eigenvalue weighted by Crippen LogP contribution is -2.43. The third-order valence-corrected chi connectivity index (χ3v) is 10.3. The summed E-state index contributed by atoms with van der Waals surface area (Å²) in [7, 11) is -2.66. The molecule has 0 bridgehead atoms. The molecule has 0 spiro atoms. The first kappa shape index (κ1) is 33.4. The van der Waals surface area contributed by atoms with Gasteiger partial charge in [0, 0.05) is 25.1 Å². The van der Waals surface area contributed by atoms with Gasteiger partial charge < -0.3 is 33.5 Å². The molecule has 3 heterocycles. The van der Waals surface area contributed by atoms with E-state index in [-0.39, 0.29) is 55.6 Å². The van der Waals surface area contributed by atoms with E-state index in [1.807, 2.05) is 42.5 Å². The third kappa shape index (κ3) is 8.84. The lowest BCUT2D eigenvalue weighted by Gasteiger charge is -2.30. The monoisotopic (exact) mass is 645 g/mol. The van der Waals surface area contributed by atoms with Crippen molar-refractivity contribution in [3.05, 3.63) is 66.2 Å². The molecule has 45 heavy (non-hydrogen) atoms. The summed E-state index contributed by atoms with van der Waals surface area (Å²) in [5.41, 5.74) is 0.910. The zero-order chi connectivity index (χ0) is 31.6. The summed E-state index contributed by atoms with van der Waals surface area (Å²) < 4.78 is 63.5. The quantitative estimate of drug-likeness (QED) is 0.320. The zero-order valence-corrected chi connectivity index (χ0v) is 26.4. The Balaban J connectivity index is 1.37. The molecule has 5 rings (SSSR count). The zero-order valence-electron chi connectivity index (χ0n) is 25.6. The molecule has 3 aliphatic rings. The Hall–Kier alpha value is -3.00. The average molecular weight is 646 g/mol. The van der Waals surface area contributed by atoms with Gasteiger partial charge in [-0.25, -0.2) is 8.42 Å². The Labute approximate surface area is 265 Å². The summed E-state index contributed by atoms with van der Waals surface area (Å²) in [6.45, 7) is 1.31. The topological polar surface area (TPSA) is 130 Å². The number of methoxy groups -OCH3 is 1. The molecule has 0 unspecified atom stereocenters. The molecule has 1 N–H and O–H groups in total. The maximum atomic E-state index is 14.2. The molecule has 11 nitrogen and oxygen atoms in total. The number of aliphatic hydroxyl groups excluding tert-OH is 1. The molecular weight excluding hydrogens is 602 g/mol. The highest BCUT2D eigenvalue weighted by Crippen LogP contribution is 2.34. The van der Waals surface area contributed by atoms with Gasteiger partial charge in [0.05, 0.1) is 58.6 Å². The van der Waals surface area contributed by atoms with Crippen LogP contribution in [0.25, 0.3) is 0 Å². The average Bonchev–Trinajstić information content (AvgIpc) is 3.66. The Kier molecular flexibility index (Phi) is 11.9. The fourth-order valence-electron chi connectivity index (χ4n) is 5.87. The van der Waals surface area contributed by atoms with Crippen LogP contribution in [0.5, 0.6) is 11.5 Å². The maximum absolute atomic E-state index is 14.2. The second-order valence-corrected chi connectivity index (χ2v) is 13.4. The highest BCUT2D eigenvalue weighted by atomic mass is 32.2. The molecule has 2 saturated heterocycles. The number of hydrogen-bond donors (Lipinski definition) is 1. The number of sulfonamides is 1. The maximum Gasteiger partial charge on any atom is 0.306 e. The molecule has 2 aromatic rings. The van der Waals surface area contributed by atoms with Crippen molar-refractivity contribution in [2.45, 2.75) is 55.5 Å². The fourth-order valence-corrected chi connectivity index (χ4v) is 7.43. The van der Waals surface area contributed by atoms with Crippen molar-refractivity contribution < 1.29 is 46.7 Å². The molecule has 0 aliphatic carbocycles. The molecule has 2 aromatic carbocycles. The van der Waals surface area contributed by atoms with Crippen LogP contribution >= 0.6 is 0 Å². The van der Waals surface area contributed by atoms with Crippen LogP contribution in [0.4, 0.5) is 0 Å². The van der Waals surface area contributed by atoms with Crippen LogP contribution in [-0.4, -0.2) is 95.5 Å². The summed E-state index contributed by atoms with van der Waals surface area (Å²) in [6.07, 6.45) is 4.38. The van der Waals surface area contributed by atoms with Gasteiger partial charge in [0.15, 0.2) is 6.29 Å². The van der Waals surface area contributed by atoms with Crippen LogP contribution < -0.4 is 9.47 Å². The number of ether oxygens (including phenoxy) is 6. The van der Waals surface area contributed by atoms with E-state index in [1.54, 1.807) is 12.1 Å². The number of aliphatic hydroxyl groups is 1. The predicted octanol–water partition coefficient (Wildman–Crippen LogP) is 3.35. The number of rotatable bonds is 9. The van der Waals surface area contributed by atoms with E-state index in [4.69, 9.17) is 28.4 Å². The van der Waals surface area contributed by atoms with Gasteiger partial charge >= 0.3 is 5.97 Å². The number of carbonyl (C=O) groups excluding carboxylic acids is 1. The molecule has 0 radical (unpaired) electrons. The van der Waals surface area contributed by atoms with Crippen molar-refractivity contribution in [1.82, 2.24) is 4.31 Å². The van der Waals surface area contributed by atoms with Crippen molar-refractivity contribution in [3.63, 3.8) is 0 Å². The van der Waals surface area contributed by atoms with Crippen LogP contribution in [0.3, 0.4) is 0 Å². The van der Waals surface area contributed by atoms with Gasteiger partial charge in [-0.2, -0.15) is 4.31 Å². The SMILES string of the molecule is COc1ccc2c(c1)OCCCC=CCOCCN(C[C@@H](O)[C@@H](CC(=O)O[C@H]1CO[C@H]3OCC[C@H]31)Cc1ccccc1)S2(=O)=O. The van der Waals surface area contributed by atoms with Crippen molar-refractivity contribution >= 4 is 16.0 Å². The van der Waals surface area contributed by atoms with Crippen molar-refractivity contribution in [1.29, 1.82) is 0 Å². The Bertz CT molecular complexity index is 1390. The van der Waals surface area contributed by atoms with Crippen LogP contribution in [-0.2, 0) is 40.2 Å². The number of allylic oxidation sites excluding steroid dienone is 1. The van der Waals surface area contributed by atoms with E-state index in [1.165, 1.54) is 17.5 Å². The number of nitrogens with zero attached hydrogens (tertiary/aromatic N) is 1. The van der Waals surface area contributed by atoms with Gasteiger partial charge in [0.1, 0.15) is 22.5 Å². The Morgan fingerprint density at radius 1 is 1.09 bits per heavy atom. The molecule has 246 valence electrons. The summed E-state index contributed by atoms with van der Waals surface area (Å²) in [6, 6.07) is 14.1. The van der Waals surface area contributed by atoms with Gasteiger partial charge in [-0.3, -0.25) is 4.79 Å². The standard InChI is InChI=1S/C33H43NO10S/c1-39-26-11-12-31-29(21-26)41-16-8-3-2-7-15-40-18-14-34(45(31,37)38)22-28(35)25(19-24-9-5-4-6-10-24)20-32(36)44-30-23-43-33-27(30)13-17-42-33/h2,4-7,9-12,21,25,27-28,30,33,35H,3,8,13-20,22-23H2,1H3/t25-,27+,28-,30+,33-/m1/s1. The van der Waals surface area contributed by atoms with E-state index in [0.717, 1.165) is 18.4 Å². The molecular formula is C33H43NO10S. The smallest absolute Gasteiger partial charge is 0.306 e. The third-order valence-electron chi connectivity index (χ3n) is 8.38. The lowest BCUT2D eigenvalue weighted by atomic mass is 9.90. The molecule has 0 saturated carbocycles. The second kappa shape index (κ2) is 16.0. The molecule has 0 aromatic heterocycles. The predicted molar refractivity (Wildman–Crippen MR) is 164 cm³/mol. The lowest BCUT2D eigenvalue weighted by molar-refractivity contribution is -0.153. The number of carbonyl (C=O) groups is 1. The molecule has 2 fully saturated rings. The van der Waals surface area contributed by atoms with Gasteiger partial charge in [-0.1, -0.05) is 42.5 Å². The normalized spacial score (nSPS) is 25.2. The van der Waals surface area contributed by atoms with E-state index in [0.29, 0.717) is 38.4 Å². The van der Waals surface area contributed by atoms with Gasteiger partial charge in [0.2, 0.25) is 10.0 Å². The van der Waals surface area contributed by atoms with E-state index in [2.05, 4.69) is 0 Å². The van der Waals surface area contributed by atoms with Crippen LogP contribution in [0.1, 0.15) is 31.2 Å². The van der Waals surface area contributed by atoms with Gasteiger partial charge in [-0.15, -0.1) is 0 Å². The molecule has 5 atom stereocenters. The minimum absolute atomic E-state index is 0.0102. The first-order valence-electron chi connectivity index (χ1n) is 15.5. The first-order chi connectivity index (χ1) is 21.8. The van der Waals surface area contributed by atoms with Gasteiger partial charge in [0.25, 0.3) is 0 Å². The molecule has 12 heteroatoms. The van der Waals surface area contributed by atoms with Crippen LogP contribution in [0.2, 0.25) is 0 Å². The summed E-state index contributed by atoms with van der Waals surface area (Å²) >= 11 is 0. The first-order valence-corrected chi connectivity index (χ1v) is 17.0. The Morgan fingerprint density at radius 3 is 2.76 bits per heavy atom. The van der Waals surface area contributed by atoms with Crippen molar-refractivity contribution in [2.75, 3.05) is 53.2 Å². The highest BCUT2D eigenvalue weighted by molar-refractivity contribution is 7.89. The summed E-state index contributed by atoms with van der Waals surface area (Å²) in [5, 5.41) is 11.7. The van der Waals surface area contributed by atoms with E-state index < -0.39 is 34.1 Å². The van der Waals surface area contributed by atoms with Crippen LogP contribution in [0, 0.1) is 11.8 Å². The van der Waals surface area contributed by atoms with Crippen LogP contribution in [0.15, 0.2) is 65.6 Å². The van der Waals surface area contributed by atoms with E-state index >= 15 is 0 Å². The minimum atomic E-state index is -4.17. The highest BCUT2D eigenvalue weighted by Gasteiger charge is 2.44.